The van der Waals surface area contributed by atoms with E-state index in [0.717, 1.165) is 44.5 Å². The summed E-state index contributed by atoms with van der Waals surface area (Å²) in [5, 5.41) is 17.7. The summed E-state index contributed by atoms with van der Waals surface area (Å²) in [6, 6.07) is -0.124. The highest BCUT2D eigenvalue weighted by atomic mass is 16.5. The van der Waals surface area contributed by atoms with Gasteiger partial charge < -0.3 is 10.1 Å². The maximum atomic E-state index is 12.5. The number of fused-ring (bicyclic) bond motifs is 1. The molecule has 146 valence electrons. The zero-order valence-electron chi connectivity index (χ0n) is 16.1. The number of ether oxygens (including phenoxy) is 1. The van der Waals surface area contributed by atoms with E-state index < -0.39 is 0 Å². The Labute approximate surface area is 156 Å². The van der Waals surface area contributed by atoms with Gasteiger partial charge in [0.15, 0.2) is 5.82 Å². The van der Waals surface area contributed by atoms with Crippen molar-refractivity contribution in [3.05, 3.63) is 5.82 Å². The summed E-state index contributed by atoms with van der Waals surface area (Å²) in [6.45, 7) is 5.82. The van der Waals surface area contributed by atoms with Crippen LogP contribution in [0.1, 0.15) is 64.6 Å². The second-order valence-corrected chi connectivity index (χ2v) is 8.08. The molecule has 1 aromatic heterocycles. The van der Waals surface area contributed by atoms with Crippen LogP contribution in [0.15, 0.2) is 0 Å². The third-order valence-corrected chi connectivity index (χ3v) is 6.48. The third-order valence-electron chi connectivity index (χ3n) is 6.48. The molecule has 2 aliphatic rings. The van der Waals surface area contributed by atoms with E-state index in [1.54, 1.807) is 0 Å². The highest BCUT2D eigenvalue weighted by Gasteiger charge is 2.38. The maximum Gasteiger partial charge on any atom is 0.323 e. The van der Waals surface area contributed by atoms with Crippen LogP contribution in [0, 0.1) is 23.7 Å². The molecule has 0 aromatic carbocycles. The summed E-state index contributed by atoms with van der Waals surface area (Å²) in [7, 11) is 0. The average molecular weight is 364 g/mol. The quantitative estimate of drug-likeness (QED) is 0.690. The molecule has 26 heavy (non-hydrogen) atoms. The number of nitrogens with zero attached hydrogens (tertiary/aromatic N) is 3. The minimum absolute atomic E-state index is 0.0516. The topological polar surface area (TPSA) is 92.8 Å². The van der Waals surface area contributed by atoms with Crippen LogP contribution in [0.25, 0.3) is 0 Å². The van der Waals surface area contributed by atoms with Gasteiger partial charge in [-0.05, 0) is 55.9 Å². The lowest BCUT2D eigenvalue weighted by atomic mass is 9.69. The van der Waals surface area contributed by atoms with Crippen molar-refractivity contribution < 1.29 is 9.53 Å². The van der Waals surface area contributed by atoms with Gasteiger partial charge in [0.05, 0.1) is 6.61 Å². The monoisotopic (exact) mass is 363 g/mol. The van der Waals surface area contributed by atoms with Crippen molar-refractivity contribution in [1.29, 1.82) is 0 Å². The number of hydrogen-bond donors (Lipinski definition) is 2. The number of carbonyl (C=O) groups is 1. The Hall–Kier alpha value is -1.50. The highest BCUT2D eigenvalue weighted by molar-refractivity contribution is 5.76. The van der Waals surface area contributed by atoms with E-state index in [2.05, 4.69) is 39.8 Å². The fourth-order valence-corrected chi connectivity index (χ4v) is 4.55. The lowest BCUT2D eigenvalue weighted by Crippen LogP contribution is -2.50. The van der Waals surface area contributed by atoms with Crippen molar-refractivity contribution in [2.75, 3.05) is 13.2 Å². The number of nitrogens with one attached hydrogen (secondary N) is 2. The molecule has 1 saturated heterocycles. The van der Waals surface area contributed by atoms with Gasteiger partial charge in [-0.3, -0.25) is 4.79 Å². The van der Waals surface area contributed by atoms with E-state index in [1.165, 1.54) is 19.3 Å². The Kier molecular flexibility index (Phi) is 7.00. The normalized spacial score (nSPS) is 28.7. The zero-order chi connectivity index (χ0) is 18.4. The van der Waals surface area contributed by atoms with Crippen LogP contribution < -0.4 is 5.32 Å². The standard InChI is InChI=1S/C19H33N5O2/c1-3-13(4-2)12-26-19(25)17-10-16-9-14(5-7-15(16)11-20-17)6-8-18-21-23-24-22-18/h13-17,20H,3-12H2,1-2H3,(H,21,22,23,24)/t14-,15+,16-,17+/m1/s1. The van der Waals surface area contributed by atoms with Crippen LogP contribution in [0.5, 0.6) is 0 Å². The molecule has 2 fully saturated rings. The van der Waals surface area contributed by atoms with Gasteiger partial charge in [-0.15, -0.1) is 10.2 Å². The van der Waals surface area contributed by atoms with Gasteiger partial charge in [0, 0.05) is 6.42 Å². The Morgan fingerprint density at radius 1 is 1.23 bits per heavy atom. The van der Waals surface area contributed by atoms with Gasteiger partial charge in [0.1, 0.15) is 6.04 Å². The third kappa shape index (κ3) is 5.02. The lowest BCUT2D eigenvalue weighted by molar-refractivity contribution is -0.149. The van der Waals surface area contributed by atoms with Crippen LogP contribution in [0.4, 0.5) is 0 Å². The molecule has 1 saturated carbocycles. The van der Waals surface area contributed by atoms with E-state index in [1.807, 2.05) is 0 Å². The molecule has 0 radical (unpaired) electrons. The molecule has 2 N–H and O–H groups in total. The molecule has 7 nitrogen and oxygen atoms in total. The fraction of sp³-hybridized carbons (Fsp3) is 0.895. The van der Waals surface area contributed by atoms with Gasteiger partial charge >= 0.3 is 5.97 Å². The van der Waals surface area contributed by atoms with Crippen molar-refractivity contribution in [2.24, 2.45) is 23.7 Å². The SMILES string of the molecule is CCC(CC)COC(=O)[C@@H]1C[C@H]2C[C@@H](CCc3nn[nH]n3)CC[C@H]2CN1. The Morgan fingerprint density at radius 3 is 2.81 bits per heavy atom. The molecular weight excluding hydrogens is 330 g/mol. The Balaban J connectivity index is 1.45. The molecule has 3 rings (SSSR count). The molecule has 7 heteroatoms. The largest absolute Gasteiger partial charge is 0.464 e. The number of H-pyrrole nitrogens is 1. The summed E-state index contributed by atoms with van der Waals surface area (Å²) in [5.74, 6) is 3.28. The minimum Gasteiger partial charge on any atom is -0.464 e. The van der Waals surface area contributed by atoms with Crippen LogP contribution in [0.3, 0.4) is 0 Å². The summed E-state index contributed by atoms with van der Waals surface area (Å²) >= 11 is 0. The van der Waals surface area contributed by atoms with Crippen molar-refractivity contribution in [2.45, 2.75) is 71.3 Å². The second kappa shape index (κ2) is 9.44. The Bertz CT molecular complexity index is 546. The number of aryl methyl sites for hydroxylation is 1. The average Bonchev–Trinajstić information content (AvgIpc) is 3.20. The number of aromatic amines is 1. The molecule has 0 amide bonds. The second-order valence-electron chi connectivity index (χ2n) is 8.08. The van der Waals surface area contributed by atoms with Gasteiger partial charge in [0.25, 0.3) is 0 Å². The molecule has 2 heterocycles. The Morgan fingerprint density at radius 2 is 2.08 bits per heavy atom. The number of hydrogen-bond acceptors (Lipinski definition) is 6. The molecule has 0 unspecified atom stereocenters. The summed E-state index contributed by atoms with van der Waals surface area (Å²) in [5.41, 5.74) is 0. The molecule has 0 bridgehead atoms. The van der Waals surface area contributed by atoms with E-state index in [0.29, 0.717) is 30.3 Å². The minimum atomic E-state index is -0.124. The number of rotatable bonds is 8. The van der Waals surface area contributed by atoms with Crippen LogP contribution >= 0.6 is 0 Å². The van der Waals surface area contributed by atoms with Crippen molar-refractivity contribution in [3.63, 3.8) is 0 Å². The molecule has 1 aromatic rings. The fourth-order valence-electron chi connectivity index (χ4n) is 4.55. The van der Waals surface area contributed by atoms with E-state index in [4.69, 9.17) is 4.74 Å². The summed E-state index contributed by atoms with van der Waals surface area (Å²) < 4.78 is 5.60. The zero-order valence-corrected chi connectivity index (χ0v) is 16.1. The number of esters is 1. The predicted molar refractivity (Wildman–Crippen MR) is 98.3 cm³/mol. The first-order valence-electron chi connectivity index (χ1n) is 10.3. The van der Waals surface area contributed by atoms with Crippen LogP contribution in [0.2, 0.25) is 0 Å². The number of carbonyl (C=O) groups excluding carboxylic acids is 1. The van der Waals surface area contributed by atoms with Crippen LogP contribution in [-0.4, -0.2) is 45.8 Å². The maximum absolute atomic E-state index is 12.5. The van der Waals surface area contributed by atoms with Crippen LogP contribution in [-0.2, 0) is 16.0 Å². The van der Waals surface area contributed by atoms with E-state index in [-0.39, 0.29) is 12.0 Å². The number of piperidine rings is 1. The summed E-state index contributed by atoms with van der Waals surface area (Å²) in [6.07, 6.45) is 8.78. The van der Waals surface area contributed by atoms with Crippen molar-refractivity contribution >= 4 is 5.97 Å². The molecule has 0 spiro atoms. The van der Waals surface area contributed by atoms with Gasteiger partial charge in [-0.25, -0.2) is 0 Å². The lowest BCUT2D eigenvalue weighted by Gasteiger charge is -2.42. The van der Waals surface area contributed by atoms with E-state index in [9.17, 15) is 4.79 Å². The molecule has 1 aliphatic heterocycles. The van der Waals surface area contributed by atoms with Gasteiger partial charge in [-0.1, -0.05) is 38.3 Å². The summed E-state index contributed by atoms with van der Waals surface area (Å²) in [4.78, 5) is 12.5. The van der Waals surface area contributed by atoms with Gasteiger partial charge in [0.2, 0.25) is 0 Å². The highest BCUT2D eigenvalue weighted by Crippen LogP contribution is 2.40. The van der Waals surface area contributed by atoms with Crippen molar-refractivity contribution in [1.82, 2.24) is 25.9 Å². The molecular formula is C19H33N5O2. The first kappa shape index (κ1) is 19.3. The number of aromatic nitrogens is 4. The number of tetrazole rings is 1. The van der Waals surface area contributed by atoms with E-state index >= 15 is 0 Å². The first-order chi connectivity index (χ1) is 12.7. The first-order valence-corrected chi connectivity index (χ1v) is 10.3. The van der Waals surface area contributed by atoms with Gasteiger partial charge in [-0.2, -0.15) is 5.21 Å². The predicted octanol–water partition coefficient (Wildman–Crippen LogP) is 2.51. The molecule has 1 aliphatic carbocycles. The molecule has 4 atom stereocenters. The van der Waals surface area contributed by atoms with Crippen molar-refractivity contribution in [3.8, 4) is 0 Å². The smallest absolute Gasteiger partial charge is 0.323 e.